The van der Waals surface area contributed by atoms with Gasteiger partial charge in [-0.15, -0.1) is 11.3 Å². The Morgan fingerprint density at radius 2 is 1.90 bits per heavy atom. The average molecular weight is 372 g/mol. The first kappa shape index (κ1) is 16.3. The lowest BCUT2D eigenvalue weighted by molar-refractivity contribution is 0.151. The summed E-state index contributed by atoms with van der Waals surface area (Å²) in [5, 5.41) is 10.6. The number of thiophene rings is 1. The fraction of sp³-hybridized carbons (Fsp3) is 0.333. The van der Waals surface area contributed by atoms with Gasteiger partial charge in [-0.3, -0.25) is 0 Å². The molecule has 6 heteroatoms. The van der Waals surface area contributed by atoms with E-state index in [1.807, 2.05) is 30.3 Å². The van der Waals surface area contributed by atoms with Gasteiger partial charge in [0, 0.05) is 17.3 Å². The molecule has 0 saturated heterocycles. The quantitative estimate of drug-likeness (QED) is 0.817. The molecule has 2 unspecified atom stereocenters. The van der Waals surface area contributed by atoms with Crippen molar-refractivity contribution < 1.29 is 14.6 Å². The topological polar surface area (TPSA) is 64.7 Å². The summed E-state index contributed by atoms with van der Waals surface area (Å²) in [7, 11) is 3.18. The van der Waals surface area contributed by atoms with Gasteiger partial charge in [0.1, 0.15) is 0 Å². The molecule has 0 fully saturated rings. The number of methoxy groups -OCH3 is 2. The molecule has 0 amide bonds. The third-order valence-corrected chi connectivity index (χ3v) is 5.05. The highest BCUT2D eigenvalue weighted by Crippen LogP contribution is 2.38. The lowest BCUT2D eigenvalue weighted by atomic mass is 9.92. The number of halogens is 1. The Hall–Kier alpha value is -1.08. The molecule has 0 radical (unpaired) electrons. The zero-order valence-electron chi connectivity index (χ0n) is 11.9. The zero-order chi connectivity index (χ0) is 15.4. The highest BCUT2D eigenvalue weighted by Gasteiger charge is 2.24. The standard InChI is InChI=1S/C15H18BrNO3S/c1-19-11-4-3-9(7-12(11)20-2)10(8-17)15(18)13-5-6-14(16)21-13/h3-7,10,15,18H,8,17H2,1-2H3. The van der Waals surface area contributed by atoms with Crippen LogP contribution in [-0.2, 0) is 0 Å². The number of aliphatic hydroxyl groups is 1. The predicted molar refractivity (Wildman–Crippen MR) is 88.3 cm³/mol. The maximum Gasteiger partial charge on any atom is 0.160 e. The molecule has 21 heavy (non-hydrogen) atoms. The van der Waals surface area contributed by atoms with Crippen molar-refractivity contribution in [3.63, 3.8) is 0 Å². The Morgan fingerprint density at radius 3 is 2.43 bits per heavy atom. The van der Waals surface area contributed by atoms with Crippen LogP contribution in [0.3, 0.4) is 0 Å². The Morgan fingerprint density at radius 1 is 1.19 bits per heavy atom. The van der Waals surface area contributed by atoms with Crippen molar-refractivity contribution in [2.24, 2.45) is 5.73 Å². The Balaban J connectivity index is 2.32. The minimum atomic E-state index is -0.649. The molecule has 3 N–H and O–H groups in total. The molecule has 0 aliphatic rings. The van der Waals surface area contributed by atoms with Gasteiger partial charge in [0.05, 0.1) is 24.1 Å². The van der Waals surface area contributed by atoms with Crippen LogP contribution < -0.4 is 15.2 Å². The monoisotopic (exact) mass is 371 g/mol. The highest BCUT2D eigenvalue weighted by molar-refractivity contribution is 9.11. The van der Waals surface area contributed by atoms with Gasteiger partial charge in [0.15, 0.2) is 11.5 Å². The normalized spacial score (nSPS) is 13.8. The van der Waals surface area contributed by atoms with Crippen molar-refractivity contribution >= 4 is 27.3 Å². The van der Waals surface area contributed by atoms with Gasteiger partial charge >= 0.3 is 0 Å². The molecule has 1 aromatic heterocycles. The SMILES string of the molecule is COc1ccc(C(CN)C(O)c2ccc(Br)s2)cc1OC. The summed E-state index contributed by atoms with van der Waals surface area (Å²) in [6.07, 6.45) is -0.649. The molecule has 2 atom stereocenters. The van der Waals surface area contributed by atoms with E-state index in [0.29, 0.717) is 18.0 Å². The molecule has 0 saturated carbocycles. The van der Waals surface area contributed by atoms with Crippen molar-refractivity contribution in [1.82, 2.24) is 0 Å². The summed E-state index contributed by atoms with van der Waals surface area (Å²) in [5.74, 6) is 1.09. The molecule has 0 aliphatic heterocycles. The lowest BCUT2D eigenvalue weighted by Gasteiger charge is -2.22. The van der Waals surface area contributed by atoms with Gasteiger partial charge in [-0.25, -0.2) is 0 Å². The van der Waals surface area contributed by atoms with Crippen LogP contribution in [0.2, 0.25) is 0 Å². The van der Waals surface area contributed by atoms with Crippen LogP contribution in [0.5, 0.6) is 11.5 Å². The van der Waals surface area contributed by atoms with E-state index >= 15 is 0 Å². The van der Waals surface area contributed by atoms with E-state index in [0.717, 1.165) is 14.2 Å². The molecule has 2 rings (SSSR count). The van der Waals surface area contributed by atoms with Crippen molar-refractivity contribution in [1.29, 1.82) is 0 Å². The van der Waals surface area contributed by atoms with Gasteiger partial charge in [-0.05, 0) is 45.8 Å². The van der Waals surface area contributed by atoms with E-state index in [1.165, 1.54) is 11.3 Å². The van der Waals surface area contributed by atoms with E-state index in [2.05, 4.69) is 15.9 Å². The minimum Gasteiger partial charge on any atom is -0.493 e. The van der Waals surface area contributed by atoms with Gasteiger partial charge in [0.25, 0.3) is 0 Å². The second-order valence-corrected chi connectivity index (χ2v) is 7.04. The van der Waals surface area contributed by atoms with Gasteiger partial charge < -0.3 is 20.3 Å². The maximum absolute atomic E-state index is 10.6. The van der Waals surface area contributed by atoms with Crippen LogP contribution in [0.15, 0.2) is 34.1 Å². The van der Waals surface area contributed by atoms with Crippen LogP contribution in [-0.4, -0.2) is 25.9 Å². The Labute approximate surface area is 136 Å². The third-order valence-electron chi connectivity index (χ3n) is 3.36. The van der Waals surface area contributed by atoms with E-state index in [9.17, 15) is 5.11 Å². The molecule has 1 aromatic carbocycles. The fourth-order valence-electron chi connectivity index (χ4n) is 2.22. The molecule has 114 valence electrons. The minimum absolute atomic E-state index is 0.199. The number of hydrogen-bond donors (Lipinski definition) is 2. The van der Waals surface area contributed by atoms with Crippen LogP contribution >= 0.6 is 27.3 Å². The predicted octanol–water partition coefficient (Wildman–Crippen LogP) is 3.30. The van der Waals surface area contributed by atoms with Crippen LogP contribution in [0.25, 0.3) is 0 Å². The molecule has 0 spiro atoms. The Kier molecular flexibility index (Phi) is 5.64. The van der Waals surface area contributed by atoms with Gasteiger partial charge in [-0.2, -0.15) is 0 Å². The molecule has 2 aromatic rings. The summed E-state index contributed by atoms with van der Waals surface area (Å²) in [4.78, 5) is 0.882. The molecule has 4 nitrogen and oxygen atoms in total. The van der Waals surface area contributed by atoms with Crippen LogP contribution in [0, 0.1) is 0 Å². The second-order valence-electron chi connectivity index (χ2n) is 4.54. The highest BCUT2D eigenvalue weighted by atomic mass is 79.9. The number of hydrogen-bond acceptors (Lipinski definition) is 5. The number of aliphatic hydroxyl groups excluding tert-OH is 1. The van der Waals surface area contributed by atoms with Gasteiger partial charge in [0.2, 0.25) is 0 Å². The van der Waals surface area contributed by atoms with E-state index < -0.39 is 6.10 Å². The average Bonchev–Trinajstić information content (AvgIpc) is 2.94. The fourth-order valence-corrected chi connectivity index (χ4v) is 3.69. The molecule has 1 heterocycles. The summed E-state index contributed by atoms with van der Waals surface area (Å²) in [6.45, 7) is 0.339. The largest absolute Gasteiger partial charge is 0.493 e. The Bertz CT molecular complexity index is 602. The smallest absolute Gasteiger partial charge is 0.160 e. The first-order valence-corrected chi connectivity index (χ1v) is 8.07. The molecular formula is C15H18BrNO3S. The first-order valence-electron chi connectivity index (χ1n) is 6.46. The van der Waals surface area contributed by atoms with Crippen molar-refractivity contribution in [2.75, 3.05) is 20.8 Å². The van der Waals surface area contributed by atoms with E-state index in [-0.39, 0.29) is 5.92 Å². The summed E-state index contributed by atoms with van der Waals surface area (Å²) < 4.78 is 11.5. The van der Waals surface area contributed by atoms with Crippen molar-refractivity contribution in [3.8, 4) is 11.5 Å². The molecule has 0 bridgehead atoms. The van der Waals surface area contributed by atoms with Gasteiger partial charge in [-0.1, -0.05) is 6.07 Å². The summed E-state index contributed by atoms with van der Waals surface area (Å²) in [5.41, 5.74) is 6.80. The molecular weight excluding hydrogens is 354 g/mol. The van der Waals surface area contributed by atoms with E-state index in [4.69, 9.17) is 15.2 Å². The van der Waals surface area contributed by atoms with Crippen molar-refractivity contribution in [2.45, 2.75) is 12.0 Å². The lowest BCUT2D eigenvalue weighted by Crippen LogP contribution is -2.19. The summed E-state index contributed by atoms with van der Waals surface area (Å²) >= 11 is 4.92. The second kappa shape index (κ2) is 7.26. The maximum atomic E-state index is 10.6. The number of rotatable bonds is 6. The van der Waals surface area contributed by atoms with Crippen LogP contribution in [0.4, 0.5) is 0 Å². The molecule has 0 aliphatic carbocycles. The zero-order valence-corrected chi connectivity index (χ0v) is 14.3. The number of ether oxygens (including phenoxy) is 2. The number of benzene rings is 1. The third kappa shape index (κ3) is 3.58. The van der Waals surface area contributed by atoms with Crippen LogP contribution in [0.1, 0.15) is 22.5 Å². The summed E-state index contributed by atoms with van der Waals surface area (Å²) in [6, 6.07) is 9.43. The van der Waals surface area contributed by atoms with E-state index in [1.54, 1.807) is 14.2 Å². The number of nitrogens with two attached hydrogens (primary N) is 1. The van der Waals surface area contributed by atoms with Crippen molar-refractivity contribution in [3.05, 3.63) is 44.6 Å². The first-order chi connectivity index (χ1) is 10.1.